The molecule has 0 fully saturated rings. The second kappa shape index (κ2) is 7.07. The largest absolute Gasteiger partial charge is 0.497 e. The highest BCUT2D eigenvalue weighted by Gasteiger charge is 2.25. The van der Waals surface area contributed by atoms with Crippen LogP contribution in [0, 0.1) is 0 Å². The number of hydrogen-bond acceptors (Lipinski definition) is 3. The normalized spacial score (nSPS) is 13.3. The van der Waals surface area contributed by atoms with Crippen LogP contribution in [0.3, 0.4) is 0 Å². The Morgan fingerprint density at radius 1 is 0.826 bits per heavy atom. The maximum Gasteiger partial charge on any atom is 0.118 e. The van der Waals surface area contributed by atoms with Gasteiger partial charge >= 0.3 is 0 Å². The lowest BCUT2D eigenvalue weighted by Gasteiger charge is -2.23. The van der Waals surface area contributed by atoms with Crippen molar-refractivity contribution in [2.45, 2.75) is 12.0 Å². The molecular formula is C20H19NO2. The summed E-state index contributed by atoms with van der Waals surface area (Å²) in [7, 11) is 1.63. The second-order valence-corrected chi connectivity index (χ2v) is 5.36. The van der Waals surface area contributed by atoms with E-state index in [-0.39, 0.29) is 5.92 Å². The van der Waals surface area contributed by atoms with Crippen molar-refractivity contribution in [1.29, 1.82) is 0 Å². The van der Waals surface area contributed by atoms with Gasteiger partial charge in [-0.1, -0.05) is 48.5 Å². The molecule has 2 aromatic carbocycles. The van der Waals surface area contributed by atoms with Crippen LogP contribution >= 0.6 is 0 Å². The molecule has 1 aromatic heterocycles. The summed E-state index contributed by atoms with van der Waals surface area (Å²) in [5.41, 5.74) is 2.72. The Hall–Kier alpha value is -2.65. The Balaban J connectivity index is 2.00. The van der Waals surface area contributed by atoms with E-state index in [9.17, 15) is 5.11 Å². The predicted octanol–water partition coefficient (Wildman–Crippen LogP) is 3.96. The van der Waals surface area contributed by atoms with Crippen LogP contribution in [0.4, 0.5) is 0 Å². The molecule has 2 atom stereocenters. The Kier molecular flexibility index (Phi) is 4.69. The summed E-state index contributed by atoms with van der Waals surface area (Å²) < 4.78 is 5.18. The van der Waals surface area contributed by atoms with E-state index in [1.54, 1.807) is 13.3 Å². The van der Waals surface area contributed by atoms with Crippen LogP contribution in [0.15, 0.2) is 79.0 Å². The second-order valence-electron chi connectivity index (χ2n) is 5.36. The van der Waals surface area contributed by atoms with Crippen LogP contribution in [0.5, 0.6) is 5.75 Å². The molecule has 3 rings (SSSR count). The van der Waals surface area contributed by atoms with Crippen LogP contribution in [-0.4, -0.2) is 17.2 Å². The predicted molar refractivity (Wildman–Crippen MR) is 90.5 cm³/mol. The van der Waals surface area contributed by atoms with Crippen molar-refractivity contribution in [2.24, 2.45) is 0 Å². The summed E-state index contributed by atoms with van der Waals surface area (Å²) in [6, 6.07) is 23.2. The molecule has 3 aromatic rings. The van der Waals surface area contributed by atoms with E-state index in [0.717, 1.165) is 22.6 Å². The van der Waals surface area contributed by atoms with Gasteiger partial charge in [-0.3, -0.25) is 4.98 Å². The third-order valence-corrected chi connectivity index (χ3v) is 3.94. The quantitative estimate of drug-likeness (QED) is 0.776. The first-order chi connectivity index (χ1) is 11.3. The van der Waals surface area contributed by atoms with Gasteiger partial charge in [-0.05, 0) is 35.4 Å². The Morgan fingerprint density at radius 2 is 1.52 bits per heavy atom. The first-order valence-electron chi connectivity index (χ1n) is 7.57. The maximum absolute atomic E-state index is 11.0. The average molecular weight is 305 g/mol. The van der Waals surface area contributed by atoms with Crippen LogP contribution < -0.4 is 4.74 Å². The molecule has 1 N–H and O–H groups in total. The van der Waals surface area contributed by atoms with Gasteiger partial charge in [0, 0.05) is 6.20 Å². The molecule has 0 aliphatic carbocycles. The molecule has 0 aliphatic heterocycles. The van der Waals surface area contributed by atoms with Crippen molar-refractivity contribution in [1.82, 2.24) is 4.98 Å². The van der Waals surface area contributed by atoms with Gasteiger partial charge in [0.1, 0.15) is 5.75 Å². The fraction of sp³-hybridized carbons (Fsp3) is 0.150. The Labute approximate surface area is 136 Å². The molecule has 0 saturated heterocycles. The standard InChI is InChI=1S/C20H19NO2/c1-23-17-12-10-16(11-13-17)20(22)19(15-7-3-2-4-8-15)18-9-5-6-14-21-18/h2-14,19-20,22H,1H3. The van der Waals surface area contributed by atoms with Crippen molar-refractivity contribution in [2.75, 3.05) is 7.11 Å². The number of ether oxygens (including phenoxy) is 1. The number of aromatic nitrogens is 1. The topological polar surface area (TPSA) is 42.4 Å². The van der Waals surface area contributed by atoms with E-state index < -0.39 is 6.10 Å². The van der Waals surface area contributed by atoms with Gasteiger partial charge in [0.25, 0.3) is 0 Å². The van der Waals surface area contributed by atoms with Crippen molar-refractivity contribution >= 4 is 0 Å². The molecule has 23 heavy (non-hydrogen) atoms. The highest BCUT2D eigenvalue weighted by molar-refractivity contribution is 5.36. The van der Waals surface area contributed by atoms with Crippen LogP contribution in [0.25, 0.3) is 0 Å². The highest BCUT2D eigenvalue weighted by atomic mass is 16.5. The van der Waals surface area contributed by atoms with Crippen LogP contribution in [-0.2, 0) is 0 Å². The number of nitrogens with zero attached hydrogens (tertiary/aromatic N) is 1. The lowest BCUT2D eigenvalue weighted by molar-refractivity contribution is 0.157. The van der Waals surface area contributed by atoms with Crippen molar-refractivity contribution < 1.29 is 9.84 Å². The highest BCUT2D eigenvalue weighted by Crippen LogP contribution is 2.36. The molecule has 0 spiro atoms. The van der Waals surface area contributed by atoms with E-state index in [4.69, 9.17) is 4.74 Å². The third-order valence-electron chi connectivity index (χ3n) is 3.94. The van der Waals surface area contributed by atoms with Gasteiger partial charge in [-0.25, -0.2) is 0 Å². The molecule has 1 heterocycles. The number of rotatable bonds is 5. The first kappa shape index (κ1) is 15.3. The van der Waals surface area contributed by atoms with E-state index in [0.29, 0.717) is 0 Å². The molecule has 3 heteroatoms. The fourth-order valence-electron chi connectivity index (χ4n) is 2.73. The third kappa shape index (κ3) is 3.41. The molecule has 0 bridgehead atoms. The van der Waals surface area contributed by atoms with Gasteiger partial charge in [0.2, 0.25) is 0 Å². The smallest absolute Gasteiger partial charge is 0.118 e. The van der Waals surface area contributed by atoms with Crippen molar-refractivity contribution in [3.8, 4) is 5.75 Å². The van der Waals surface area contributed by atoms with E-state index in [2.05, 4.69) is 4.98 Å². The van der Waals surface area contributed by atoms with Crippen LogP contribution in [0.1, 0.15) is 28.8 Å². The molecule has 0 saturated carbocycles. The van der Waals surface area contributed by atoms with Gasteiger partial charge in [0.15, 0.2) is 0 Å². The summed E-state index contributed by atoms with van der Waals surface area (Å²) in [6.45, 7) is 0. The number of benzene rings is 2. The number of aliphatic hydroxyl groups excluding tert-OH is 1. The minimum atomic E-state index is -0.682. The number of hydrogen-bond donors (Lipinski definition) is 1. The summed E-state index contributed by atoms with van der Waals surface area (Å²) in [4.78, 5) is 4.45. The van der Waals surface area contributed by atoms with E-state index in [1.807, 2.05) is 72.8 Å². The monoisotopic (exact) mass is 305 g/mol. The lowest BCUT2D eigenvalue weighted by Crippen LogP contribution is -2.13. The van der Waals surface area contributed by atoms with Gasteiger partial charge in [-0.2, -0.15) is 0 Å². The Morgan fingerprint density at radius 3 is 2.13 bits per heavy atom. The molecule has 2 unspecified atom stereocenters. The average Bonchev–Trinajstić information content (AvgIpc) is 2.64. The van der Waals surface area contributed by atoms with Gasteiger partial charge < -0.3 is 9.84 Å². The Bertz CT molecular complexity index is 687. The molecule has 0 aliphatic rings. The zero-order chi connectivity index (χ0) is 16.1. The summed E-state index contributed by atoms with van der Waals surface area (Å²) in [5, 5.41) is 11.0. The molecule has 0 amide bonds. The van der Waals surface area contributed by atoms with Crippen LogP contribution in [0.2, 0.25) is 0 Å². The number of pyridine rings is 1. The zero-order valence-corrected chi connectivity index (χ0v) is 13.0. The zero-order valence-electron chi connectivity index (χ0n) is 13.0. The van der Waals surface area contributed by atoms with Gasteiger partial charge in [0.05, 0.1) is 24.8 Å². The summed E-state index contributed by atoms with van der Waals surface area (Å²) >= 11 is 0. The number of aliphatic hydroxyl groups is 1. The molecule has 0 radical (unpaired) electrons. The molecule has 3 nitrogen and oxygen atoms in total. The number of methoxy groups -OCH3 is 1. The lowest BCUT2D eigenvalue weighted by atomic mass is 9.86. The van der Waals surface area contributed by atoms with Gasteiger partial charge in [-0.15, -0.1) is 0 Å². The van der Waals surface area contributed by atoms with E-state index in [1.165, 1.54) is 0 Å². The molecular weight excluding hydrogens is 286 g/mol. The maximum atomic E-state index is 11.0. The summed E-state index contributed by atoms with van der Waals surface area (Å²) in [6.07, 6.45) is 1.07. The minimum Gasteiger partial charge on any atom is -0.497 e. The molecule has 116 valence electrons. The SMILES string of the molecule is COc1ccc(C(O)C(c2ccccc2)c2ccccn2)cc1. The van der Waals surface area contributed by atoms with Crippen molar-refractivity contribution in [3.63, 3.8) is 0 Å². The minimum absolute atomic E-state index is 0.217. The van der Waals surface area contributed by atoms with Crippen molar-refractivity contribution in [3.05, 3.63) is 95.8 Å². The van der Waals surface area contributed by atoms with E-state index >= 15 is 0 Å². The first-order valence-corrected chi connectivity index (χ1v) is 7.57. The summed E-state index contributed by atoms with van der Waals surface area (Å²) in [5.74, 6) is 0.556. The fourth-order valence-corrected chi connectivity index (χ4v) is 2.73.